The van der Waals surface area contributed by atoms with E-state index in [2.05, 4.69) is 10.2 Å². The van der Waals surface area contributed by atoms with Gasteiger partial charge in [0.2, 0.25) is 5.91 Å². The molecule has 5 nitrogen and oxygen atoms in total. The Balaban J connectivity index is 1.44. The number of nitrogens with zero attached hydrogens (tertiary/aromatic N) is 1. The van der Waals surface area contributed by atoms with Crippen LogP contribution in [0.2, 0.25) is 0 Å². The smallest absolute Gasteiger partial charge is 0.317 e. The van der Waals surface area contributed by atoms with Crippen LogP contribution in [0.4, 0.5) is 0 Å². The molecule has 0 aromatic carbocycles. The van der Waals surface area contributed by atoms with Gasteiger partial charge in [-0.25, -0.2) is 0 Å². The van der Waals surface area contributed by atoms with Crippen molar-refractivity contribution >= 4 is 11.9 Å². The summed E-state index contributed by atoms with van der Waals surface area (Å²) in [7, 11) is 0. The number of hydrogen-bond acceptors (Lipinski definition) is 3. The third kappa shape index (κ3) is 3.39. The van der Waals surface area contributed by atoms with E-state index in [4.69, 9.17) is 5.11 Å². The lowest BCUT2D eigenvalue weighted by molar-refractivity contribution is -0.141. The van der Waals surface area contributed by atoms with Crippen LogP contribution >= 0.6 is 0 Å². The number of aliphatic carboxylic acids is 1. The zero-order valence-corrected chi connectivity index (χ0v) is 12.8. The Kier molecular flexibility index (Phi) is 3.95. The van der Waals surface area contributed by atoms with Crippen LogP contribution in [-0.2, 0) is 9.59 Å². The zero-order valence-electron chi connectivity index (χ0n) is 12.8. The molecule has 3 rings (SSSR count). The summed E-state index contributed by atoms with van der Waals surface area (Å²) >= 11 is 0. The van der Waals surface area contributed by atoms with Crippen LogP contribution in [0.15, 0.2) is 0 Å². The Hall–Kier alpha value is -1.10. The van der Waals surface area contributed by atoms with Gasteiger partial charge >= 0.3 is 5.97 Å². The highest BCUT2D eigenvalue weighted by Gasteiger charge is 2.43. The highest BCUT2D eigenvalue weighted by Crippen LogP contribution is 2.41. The molecule has 5 heteroatoms. The maximum absolute atomic E-state index is 12.2. The van der Waals surface area contributed by atoms with Gasteiger partial charge < -0.3 is 10.4 Å². The molecule has 118 valence electrons. The van der Waals surface area contributed by atoms with Gasteiger partial charge in [0.15, 0.2) is 0 Å². The van der Waals surface area contributed by atoms with Gasteiger partial charge in [0.25, 0.3) is 0 Å². The molecule has 0 aliphatic heterocycles. The number of hydrogen-bond donors (Lipinski definition) is 2. The van der Waals surface area contributed by atoms with Crippen LogP contribution in [0.25, 0.3) is 0 Å². The van der Waals surface area contributed by atoms with Crippen LogP contribution in [0.1, 0.15) is 51.9 Å². The van der Waals surface area contributed by atoms with Gasteiger partial charge in [0.05, 0.1) is 6.54 Å². The average Bonchev–Trinajstić information content (AvgIpc) is 3.12. The Morgan fingerprint density at radius 1 is 1.29 bits per heavy atom. The van der Waals surface area contributed by atoms with Crippen LogP contribution in [0.3, 0.4) is 0 Å². The second kappa shape index (κ2) is 5.59. The lowest BCUT2D eigenvalue weighted by Crippen LogP contribution is -2.57. The molecule has 0 spiro atoms. The van der Waals surface area contributed by atoms with Crippen molar-refractivity contribution in [1.29, 1.82) is 0 Å². The molecule has 0 radical (unpaired) electrons. The van der Waals surface area contributed by atoms with Crippen LogP contribution in [0, 0.1) is 11.3 Å². The Bertz CT molecular complexity index is 423. The fourth-order valence-electron chi connectivity index (χ4n) is 3.45. The van der Waals surface area contributed by atoms with Crippen LogP contribution in [-0.4, -0.2) is 47.1 Å². The topological polar surface area (TPSA) is 69.6 Å². The molecular formula is C16H26N2O3. The number of rotatable bonds is 7. The van der Waals surface area contributed by atoms with Crippen LogP contribution < -0.4 is 5.32 Å². The predicted octanol–water partition coefficient (Wildman–Crippen LogP) is 1.62. The van der Waals surface area contributed by atoms with Gasteiger partial charge in [-0.15, -0.1) is 0 Å². The van der Waals surface area contributed by atoms with E-state index in [1.54, 1.807) is 0 Å². The molecule has 0 aromatic heterocycles. The second-order valence-corrected chi connectivity index (χ2v) is 7.48. The summed E-state index contributed by atoms with van der Waals surface area (Å²) in [5.74, 6) is 0.154. The molecular weight excluding hydrogens is 268 g/mol. The first-order chi connectivity index (χ1) is 9.96. The van der Waals surface area contributed by atoms with Crippen molar-refractivity contribution in [2.75, 3.05) is 13.1 Å². The minimum atomic E-state index is -0.745. The molecule has 2 N–H and O–H groups in total. The normalized spacial score (nSPS) is 30.4. The van der Waals surface area contributed by atoms with Crippen LogP contribution in [0.5, 0.6) is 0 Å². The maximum Gasteiger partial charge on any atom is 0.317 e. The number of carboxylic acid groups (broad SMARTS) is 1. The van der Waals surface area contributed by atoms with Gasteiger partial charge in [0, 0.05) is 24.0 Å². The Labute approximate surface area is 126 Å². The molecule has 0 heterocycles. The van der Waals surface area contributed by atoms with Crippen molar-refractivity contribution in [3.8, 4) is 0 Å². The molecule has 0 saturated heterocycles. The first kappa shape index (κ1) is 14.8. The Morgan fingerprint density at radius 2 is 1.95 bits per heavy atom. The van der Waals surface area contributed by atoms with E-state index in [1.165, 1.54) is 12.8 Å². The maximum atomic E-state index is 12.2. The van der Waals surface area contributed by atoms with Gasteiger partial charge in [0.1, 0.15) is 0 Å². The molecule has 0 bridgehead atoms. The highest BCUT2D eigenvalue weighted by molar-refractivity contribution is 5.83. The second-order valence-electron chi connectivity index (χ2n) is 7.48. The minimum absolute atomic E-state index is 0.138. The Morgan fingerprint density at radius 3 is 2.43 bits per heavy atom. The first-order valence-electron chi connectivity index (χ1n) is 8.23. The number of amides is 1. The average molecular weight is 294 g/mol. The number of carboxylic acids is 1. The molecule has 0 atom stereocenters. The lowest BCUT2D eigenvalue weighted by Gasteiger charge is -2.45. The quantitative estimate of drug-likeness (QED) is 0.748. The molecule has 3 saturated carbocycles. The number of nitrogens with one attached hydrogen (secondary N) is 1. The molecule has 3 aliphatic carbocycles. The summed E-state index contributed by atoms with van der Waals surface area (Å²) < 4.78 is 0. The zero-order chi connectivity index (χ0) is 15.0. The van der Waals surface area contributed by atoms with Crippen molar-refractivity contribution in [3.05, 3.63) is 0 Å². The highest BCUT2D eigenvalue weighted by atomic mass is 16.4. The fraction of sp³-hybridized carbons (Fsp3) is 0.875. The minimum Gasteiger partial charge on any atom is -0.480 e. The summed E-state index contributed by atoms with van der Waals surface area (Å²) in [6.07, 6.45) is 7.45. The summed E-state index contributed by atoms with van der Waals surface area (Å²) in [6, 6.07) is 0.580. The van der Waals surface area contributed by atoms with E-state index >= 15 is 0 Å². The summed E-state index contributed by atoms with van der Waals surface area (Å²) in [5, 5.41) is 12.2. The largest absolute Gasteiger partial charge is 0.480 e. The fourth-order valence-corrected chi connectivity index (χ4v) is 3.45. The monoisotopic (exact) mass is 294 g/mol. The SMILES string of the molecule is CC1(C(=O)NC2CC(N(CC(=O)O)CC3CC3)C2)CCC1. The molecule has 3 fully saturated rings. The molecule has 21 heavy (non-hydrogen) atoms. The van der Waals surface area contributed by atoms with Crippen molar-refractivity contribution in [3.63, 3.8) is 0 Å². The third-order valence-corrected chi connectivity index (χ3v) is 5.50. The van der Waals surface area contributed by atoms with Crippen molar-refractivity contribution in [1.82, 2.24) is 10.2 Å². The van der Waals surface area contributed by atoms with Crippen molar-refractivity contribution in [2.45, 2.75) is 64.0 Å². The third-order valence-electron chi connectivity index (χ3n) is 5.50. The lowest BCUT2D eigenvalue weighted by atomic mass is 9.69. The summed E-state index contributed by atoms with van der Waals surface area (Å²) in [6.45, 7) is 3.10. The first-order valence-corrected chi connectivity index (χ1v) is 8.23. The van der Waals surface area contributed by atoms with Gasteiger partial charge in [-0.3, -0.25) is 14.5 Å². The number of carbonyl (C=O) groups excluding carboxylic acids is 1. The standard InChI is InChI=1S/C16H26N2O3/c1-16(5-2-6-16)15(21)17-12-7-13(8-12)18(10-14(19)20)9-11-3-4-11/h11-13H,2-10H2,1H3,(H,17,21)(H,19,20). The van der Waals surface area contributed by atoms with Gasteiger partial charge in [-0.1, -0.05) is 13.3 Å². The van der Waals surface area contributed by atoms with E-state index < -0.39 is 5.97 Å². The molecule has 0 aromatic rings. The van der Waals surface area contributed by atoms with Crippen molar-refractivity contribution < 1.29 is 14.7 Å². The van der Waals surface area contributed by atoms with Gasteiger partial charge in [-0.05, 0) is 44.4 Å². The molecule has 3 aliphatic rings. The van der Waals surface area contributed by atoms with E-state index in [1.807, 2.05) is 6.92 Å². The molecule has 1 amide bonds. The van der Waals surface area contributed by atoms with E-state index in [0.717, 1.165) is 38.6 Å². The molecule has 0 unspecified atom stereocenters. The summed E-state index contributed by atoms with van der Waals surface area (Å²) in [5.41, 5.74) is -0.139. The predicted molar refractivity (Wildman–Crippen MR) is 78.8 cm³/mol. The van der Waals surface area contributed by atoms with Gasteiger partial charge in [-0.2, -0.15) is 0 Å². The number of carbonyl (C=O) groups is 2. The van der Waals surface area contributed by atoms with E-state index in [9.17, 15) is 9.59 Å². The summed E-state index contributed by atoms with van der Waals surface area (Å²) in [4.78, 5) is 25.3. The van der Waals surface area contributed by atoms with E-state index in [0.29, 0.717) is 12.0 Å². The van der Waals surface area contributed by atoms with Crippen molar-refractivity contribution in [2.24, 2.45) is 11.3 Å². The van der Waals surface area contributed by atoms with E-state index in [-0.39, 0.29) is 23.9 Å².